The number of hydrogen-bond donors (Lipinski definition) is 3. The van der Waals surface area contributed by atoms with Gasteiger partial charge in [-0.15, -0.1) is 0 Å². The smallest absolute Gasteiger partial charge is 0.305 e. The van der Waals surface area contributed by atoms with Gasteiger partial charge < -0.3 is 20.3 Å². The van der Waals surface area contributed by atoms with E-state index in [1.165, 1.54) is 315 Å². The lowest BCUT2D eigenvalue weighted by Crippen LogP contribution is -2.45. The number of aliphatic hydroxyl groups excluding tert-OH is 2. The Bertz CT molecular complexity index is 1050. The number of esters is 1. The van der Waals surface area contributed by atoms with Crippen LogP contribution >= 0.6 is 0 Å². The molecule has 0 saturated carbocycles. The molecule has 0 aliphatic heterocycles. The molecule has 2 unspecified atom stereocenters. The normalized spacial score (nSPS) is 12.4. The minimum atomic E-state index is -0.670. The van der Waals surface area contributed by atoms with Crippen LogP contribution in [0.15, 0.2) is 0 Å². The predicted octanol–water partition coefficient (Wildman–Crippen LogP) is 21.4. The SMILES string of the molecule is CCCCCCCCCCCCCCCCCCCCCCCCCC(O)C(CO)NC(=O)CCCCCCCCCCCCCCCCCOC(=O)CCCCCCCCCCCCCCCCCCCC. The molecule has 2 atom stereocenters. The number of nitrogens with one attached hydrogen (secondary N) is 1. The van der Waals surface area contributed by atoms with Crippen molar-refractivity contribution in [3.05, 3.63) is 0 Å². The Morgan fingerprint density at radius 2 is 0.562 bits per heavy atom. The predicted molar refractivity (Wildman–Crippen MR) is 320 cm³/mol. The summed E-state index contributed by atoms with van der Waals surface area (Å²) in [5.74, 6) is -0.0308. The van der Waals surface area contributed by atoms with Crippen LogP contribution in [0.1, 0.15) is 393 Å². The van der Waals surface area contributed by atoms with Gasteiger partial charge in [-0.2, -0.15) is 0 Å². The summed E-state index contributed by atoms with van der Waals surface area (Å²) in [5.41, 5.74) is 0. The second kappa shape index (κ2) is 63.4. The molecule has 6 nitrogen and oxygen atoms in total. The molecule has 1 amide bonds. The van der Waals surface area contributed by atoms with Crippen LogP contribution in [0.25, 0.3) is 0 Å². The van der Waals surface area contributed by atoms with E-state index in [9.17, 15) is 19.8 Å². The van der Waals surface area contributed by atoms with E-state index >= 15 is 0 Å². The van der Waals surface area contributed by atoms with Gasteiger partial charge in [0.25, 0.3) is 0 Å². The van der Waals surface area contributed by atoms with Crippen LogP contribution in [0.4, 0.5) is 0 Å². The van der Waals surface area contributed by atoms with Crippen molar-refractivity contribution in [2.75, 3.05) is 13.2 Å². The fraction of sp³-hybridized carbons (Fsp3) is 0.970. The summed E-state index contributed by atoms with van der Waals surface area (Å²) in [7, 11) is 0. The Kier molecular flexibility index (Phi) is 62.4. The van der Waals surface area contributed by atoms with E-state index in [1.54, 1.807) is 0 Å². The van der Waals surface area contributed by atoms with Crippen molar-refractivity contribution in [1.29, 1.82) is 0 Å². The van der Waals surface area contributed by atoms with Crippen molar-refractivity contribution in [1.82, 2.24) is 5.32 Å². The van der Waals surface area contributed by atoms with Gasteiger partial charge in [0.2, 0.25) is 5.91 Å². The summed E-state index contributed by atoms with van der Waals surface area (Å²) in [6.45, 7) is 4.99. The summed E-state index contributed by atoms with van der Waals surface area (Å²) in [5, 5.41) is 23.4. The van der Waals surface area contributed by atoms with Crippen molar-refractivity contribution in [2.24, 2.45) is 0 Å². The van der Waals surface area contributed by atoms with Crippen LogP contribution in [0.5, 0.6) is 0 Å². The van der Waals surface area contributed by atoms with Crippen LogP contribution in [0.3, 0.4) is 0 Å². The van der Waals surface area contributed by atoms with Crippen LogP contribution in [0, 0.1) is 0 Å². The second-order valence-electron chi connectivity index (χ2n) is 23.5. The lowest BCUT2D eigenvalue weighted by Gasteiger charge is -2.22. The molecule has 0 aromatic carbocycles. The zero-order chi connectivity index (χ0) is 52.9. The molecule has 0 fully saturated rings. The number of hydrogen-bond acceptors (Lipinski definition) is 5. The first-order chi connectivity index (χ1) is 36.0. The number of carbonyl (C=O) groups is 2. The third-order valence-corrected chi connectivity index (χ3v) is 16.2. The molecular weight excluding hydrogens is 899 g/mol. The summed E-state index contributed by atoms with van der Waals surface area (Å²) >= 11 is 0. The standard InChI is InChI=1S/C67H133NO5/c1-3-5-7-9-11-13-15-17-19-21-23-24-25-26-27-28-31-35-39-43-47-51-55-59-65(70)64(63-69)68-66(71)60-56-52-48-44-40-36-32-30-34-38-42-46-50-54-58-62-73-67(72)61-57-53-49-45-41-37-33-29-22-20-18-16-14-12-10-8-6-4-2/h64-65,69-70H,3-63H2,1-2H3,(H,68,71). The number of ether oxygens (including phenoxy) is 1. The highest BCUT2D eigenvalue weighted by Gasteiger charge is 2.20. The average Bonchev–Trinajstić information content (AvgIpc) is 3.39. The number of carbonyl (C=O) groups excluding carboxylic acids is 2. The first-order valence-corrected chi connectivity index (χ1v) is 33.8. The van der Waals surface area contributed by atoms with Crippen molar-refractivity contribution in [3.8, 4) is 0 Å². The van der Waals surface area contributed by atoms with E-state index in [0.29, 0.717) is 25.9 Å². The fourth-order valence-electron chi connectivity index (χ4n) is 11.0. The van der Waals surface area contributed by atoms with E-state index in [1.807, 2.05) is 0 Å². The average molecular weight is 1030 g/mol. The van der Waals surface area contributed by atoms with Gasteiger partial charge in [-0.3, -0.25) is 9.59 Å². The highest BCUT2D eigenvalue weighted by Crippen LogP contribution is 2.19. The van der Waals surface area contributed by atoms with Crippen LogP contribution < -0.4 is 5.32 Å². The van der Waals surface area contributed by atoms with Crippen LogP contribution in [-0.2, 0) is 14.3 Å². The topological polar surface area (TPSA) is 95.9 Å². The minimum Gasteiger partial charge on any atom is -0.466 e. The molecule has 0 aliphatic rings. The van der Waals surface area contributed by atoms with E-state index in [2.05, 4.69) is 19.2 Å². The Hall–Kier alpha value is -1.14. The molecule has 436 valence electrons. The van der Waals surface area contributed by atoms with E-state index in [0.717, 1.165) is 44.9 Å². The Labute approximate surface area is 457 Å². The van der Waals surface area contributed by atoms with Gasteiger partial charge in [-0.05, 0) is 25.7 Å². The maximum atomic E-state index is 12.5. The number of amides is 1. The molecule has 0 aliphatic carbocycles. The monoisotopic (exact) mass is 1030 g/mol. The summed E-state index contributed by atoms with van der Waals surface area (Å²) < 4.78 is 5.50. The van der Waals surface area contributed by atoms with Gasteiger partial charge in [0.15, 0.2) is 0 Å². The highest BCUT2D eigenvalue weighted by molar-refractivity contribution is 5.76. The summed E-state index contributed by atoms with van der Waals surface area (Å²) in [4.78, 5) is 24.6. The van der Waals surface area contributed by atoms with Crippen LogP contribution in [-0.4, -0.2) is 47.4 Å². The number of unbranched alkanes of at least 4 members (excludes halogenated alkanes) is 53. The second-order valence-corrected chi connectivity index (χ2v) is 23.5. The van der Waals surface area contributed by atoms with Crippen LogP contribution in [0.2, 0.25) is 0 Å². The first-order valence-electron chi connectivity index (χ1n) is 33.8. The van der Waals surface area contributed by atoms with Gasteiger partial charge in [0.05, 0.1) is 25.4 Å². The quantitative estimate of drug-likeness (QED) is 0.0417. The highest BCUT2D eigenvalue weighted by atomic mass is 16.5. The molecule has 0 radical (unpaired) electrons. The van der Waals surface area contributed by atoms with Crippen molar-refractivity contribution in [3.63, 3.8) is 0 Å². The Balaban J connectivity index is 3.39. The van der Waals surface area contributed by atoms with E-state index in [-0.39, 0.29) is 18.5 Å². The lowest BCUT2D eigenvalue weighted by molar-refractivity contribution is -0.143. The van der Waals surface area contributed by atoms with Gasteiger partial charge in [0, 0.05) is 12.8 Å². The zero-order valence-electron chi connectivity index (χ0n) is 49.9. The Morgan fingerprint density at radius 1 is 0.329 bits per heavy atom. The molecule has 0 spiro atoms. The van der Waals surface area contributed by atoms with Gasteiger partial charge in [-0.1, -0.05) is 354 Å². The summed E-state index contributed by atoms with van der Waals surface area (Å²) in [6, 6.07) is -0.548. The lowest BCUT2D eigenvalue weighted by atomic mass is 10.0. The van der Waals surface area contributed by atoms with Crippen molar-refractivity contribution < 1.29 is 24.5 Å². The maximum Gasteiger partial charge on any atom is 0.305 e. The number of aliphatic hydroxyl groups is 2. The van der Waals surface area contributed by atoms with E-state index in [4.69, 9.17) is 4.74 Å². The largest absolute Gasteiger partial charge is 0.466 e. The Morgan fingerprint density at radius 3 is 0.836 bits per heavy atom. The molecule has 0 bridgehead atoms. The summed E-state index contributed by atoms with van der Waals surface area (Å²) in [6.07, 6.45) is 75.5. The molecular formula is C67H133NO5. The van der Waals surface area contributed by atoms with Gasteiger partial charge >= 0.3 is 5.97 Å². The fourth-order valence-corrected chi connectivity index (χ4v) is 11.0. The maximum absolute atomic E-state index is 12.5. The first kappa shape index (κ1) is 71.9. The third-order valence-electron chi connectivity index (χ3n) is 16.2. The zero-order valence-corrected chi connectivity index (χ0v) is 49.9. The molecule has 6 heteroatoms. The molecule has 73 heavy (non-hydrogen) atoms. The third kappa shape index (κ3) is 60.0. The molecule has 0 aromatic rings. The molecule has 3 N–H and O–H groups in total. The molecule has 0 heterocycles. The van der Waals surface area contributed by atoms with Crippen molar-refractivity contribution >= 4 is 11.9 Å². The van der Waals surface area contributed by atoms with E-state index < -0.39 is 12.1 Å². The number of rotatable bonds is 64. The molecule has 0 rings (SSSR count). The van der Waals surface area contributed by atoms with Gasteiger partial charge in [-0.25, -0.2) is 0 Å². The minimum absolute atomic E-state index is 0.00692. The van der Waals surface area contributed by atoms with Crippen molar-refractivity contribution in [2.45, 2.75) is 405 Å². The molecule has 0 saturated heterocycles. The molecule has 0 aromatic heterocycles. The van der Waals surface area contributed by atoms with Gasteiger partial charge in [0.1, 0.15) is 0 Å².